The number of aryl methyl sites for hydroxylation is 1. The van der Waals surface area contributed by atoms with E-state index in [-0.39, 0.29) is 11.2 Å². The van der Waals surface area contributed by atoms with Crippen molar-refractivity contribution in [2.45, 2.75) is 39.5 Å². The molecule has 7 nitrogen and oxygen atoms in total. The molecule has 4 aromatic rings. The lowest BCUT2D eigenvalue weighted by Crippen LogP contribution is -2.20. The van der Waals surface area contributed by atoms with Gasteiger partial charge in [0.15, 0.2) is 0 Å². The second-order valence-corrected chi connectivity index (χ2v) is 10.3. The summed E-state index contributed by atoms with van der Waals surface area (Å²) in [6.45, 7) is 7.94. The summed E-state index contributed by atoms with van der Waals surface area (Å²) in [5.41, 5.74) is 3.21. The average molecular weight is 536 g/mol. The second kappa shape index (κ2) is 9.54. The molecule has 8 heteroatoms. The van der Waals surface area contributed by atoms with E-state index in [1.54, 1.807) is 24.4 Å². The fraction of sp³-hybridized carbons (Fsp3) is 0.222. The number of benzene rings is 2. The molecule has 4 rings (SSSR count). The van der Waals surface area contributed by atoms with Gasteiger partial charge in [-0.1, -0.05) is 42.8 Å². The van der Waals surface area contributed by atoms with E-state index in [1.165, 1.54) is 6.07 Å². The van der Waals surface area contributed by atoms with Crippen LogP contribution in [0.1, 0.15) is 43.0 Å². The molecule has 0 unspecified atom stereocenters. The lowest BCUT2D eigenvalue weighted by atomic mass is 9.85. The van der Waals surface area contributed by atoms with Crippen molar-refractivity contribution in [2.24, 2.45) is 0 Å². The highest BCUT2D eigenvalue weighted by Crippen LogP contribution is 2.35. The van der Waals surface area contributed by atoms with Crippen LogP contribution < -0.4 is 16.3 Å². The number of aromatic hydroxyl groups is 1. The number of hydrogen-bond acceptors (Lipinski definition) is 5. The molecule has 0 spiro atoms. The van der Waals surface area contributed by atoms with Crippen molar-refractivity contribution in [3.63, 3.8) is 0 Å². The average Bonchev–Trinajstić information content (AvgIpc) is 2.78. The first-order chi connectivity index (χ1) is 16.5. The smallest absolute Gasteiger partial charge is 0.340 e. The number of phenols is 1. The number of anilines is 2. The van der Waals surface area contributed by atoms with E-state index >= 15 is 0 Å². The minimum atomic E-state index is -0.450. The molecular weight excluding hydrogens is 510 g/mol. The van der Waals surface area contributed by atoms with Crippen LogP contribution in [0.5, 0.6) is 5.75 Å². The summed E-state index contributed by atoms with van der Waals surface area (Å²) >= 11 is 3.36. The molecule has 0 saturated carbocycles. The number of carbonyl (C=O) groups excluding carboxylic acids is 1. The molecule has 0 bridgehead atoms. The maximum absolute atomic E-state index is 12.7. The summed E-state index contributed by atoms with van der Waals surface area (Å²) in [7, 11) is 0. The van der Waals surface area contributed by atoms with Gasteiger partial charge in [-0.3, -0.25) is 5.32 Å². The summed E-state index contributed by atoms with van der Waals surface area (Å²) in [5.74, 6) is 0.493. The van der Waals surface area contributed by atoms with Crippen LogP contribution in [0.2, 0.25) is 0 Å². The second-order valence-electron chi connectivity index (χ2n) is 9.42. The van der Waals surface area contributed by atoms with Gasteiger partial charge < -0.3 is 14.8 Å². The van der Waals surface area contributed by atoms with E-state index in [0.717, 1.165) is 26.5 Å². The molecule has 0 radical (unpaired) electrons. The van der Waals surface area contributed by atoms with Crippen molar-refractivity contribution in [1.82, 2.24) is 4.98 Å². The Morgan fingerprint density at radius 1 is 1.09 bits per heavy atom. The molecule has 35 heavy (non-hydrogen) atoms. The molecule has 3 N–H and O–H groups in total. The van der Waals surface area contributed by atoms with Gasteiger partial charge in [-0.05, 0) is 59.9 Å². The highest BCUT2D eigenvalue weighted by Gasteiger charge is 2.21. The van der Waals surface area contributed by atoms with Crippen LogP contribution in [0.15, 0.2) is 68.4 Å². The van der Waals surface area contributed by atoms with Gasteiger partial charge in [0.25, 0.3) is 0 Å². The highest BCUT2D eigenvalue weighted by molar-refractivity contribution is 9.10. The van der Waals surface area contributed by atoms with E-state index in [4.69, 9.17) is 4.42 Å². The van der Waals surface area contributed by atoms with Crippen LogP contribution in [0, 0.1) is 6.92 Å². The Bertz CT molecular complexity index is 1450. The number of amides is 2. The largest absolute Gasteiger partial charge is 0.508 e. The minimum absolute atomic E-state index is 0.108. The number of nitrogens with one attached hydrogen (secondary N) is 2. The monoisotopic (exact) mass is 535 g/mol. The zero-order valence-electron chi connectivity index (χ0n) is 19.9. The maximum Gasteiger partial charge on any atom is 0.340 e. The van der Waals surface area contributed by atoms with Gasteiger partial charge >= 0.3 is 11.7 Å². The van der Waals surface area contributed by atoms with Crippen LogP contribution >= 0.6 is 15.9 Å². The molecule has 2 heterocycles. The molecule has 0 saturated heterocycles. The minimum Gasteiger partial charge on any atom is -0.508 e. The van der Waals surface area contributed by atoms with Crippen LogP contribution in [0.4, 0.5) is 16.3 Å². The molecule has 2 amide bonds. The van der Waals surface area contributed by atoms with Gasteiger partial charge in [-0.2, -0.15) is 0 Å². The van der Waals surface area contributed by atoms with E-state index in [9.17, 15) is 14.7 Å². The quantitative estimate of drug-likeness (QED) is 0.259. The van der Waals surface area contributed by atoms with Crippen molar-refractivity contribution in [3.8, 4) is 5.75 Å². The van der Waals surface area contributed by atoms with E-state index < -0.39 is 11.7 Å². The number of phenolic OH excluding ortho intramolecular Hbond substituents is 1. The molecule has 2 aromatic heterocycles. The maximum atomic E-state index is 12.7. The number of urea groups is 1. The van der Waals surface area contributed by atoms with Crippen molar-refractivity contribution in [2.75, 3.05) is 10.6 Å². The molecule has 180 valence electrons. The summed E-state index contributed by atoms with van der Waals surface area (Å²) in [4.78, 5) is 29.3. The van der Waals surface area contributed by atoms with Gasteiger partial charge in [0.1, 0.15) is 17.2 Å². The molecule has 0 atom stereocenters. The third-order valence-corrected chi connectivity index (χ3v) is 6.29. The summed E-state index contributed by atoms with van der Waals surface area (Å²) in [6, 6.07) is 13.7. The van der Waals surface area contributed by atoms with Crippen LogP contribution in [0.25, 0.3) is 11.0 Å². The number of fused-ring (bicyclic) bond motifs is 1. The predicted octanol–water partition coefficient (Wildman–Crippen LogP) is 6.50. The van der Waals surface area contributed by atoms with E-state index in [2.05, 4.69) is 31.5 Å². The number of halogens is 1. The van der Waals surface area contributed by atoms with Gasteiger partial charge in [0, 0.05) is 45.4 Å². The Morgan fingerprint density at radius 3 is 2.43 bits per heavy atom. The van der Waals surface area contributed by atoms with Crippen LogP contribution in [-0.4, -0.2) is 16.1 Å². The van der Waals surface area contributed by atoms with Gasteiger partial charge in [-0.25, -0.2) is 14.6 Å². The van der Waals surface area contributed by atoms with E-state index in [1.807, 2.05) is 52.0 Å². The van der Waals surface area contributed by atoms with Crippen molar-refractivity contribution in [3.05, 3.63) is 91.9 Å². The van der Waals surface area contributed by atoms with E-state index in [0.29, 0.717) is 29.1 Å². The molecule has 2 aromatic carbocycles. The van der Waals surface area contributed by atoms with Crippen LogP contribution in [-0.2, 0) is 11.8 Å². The first kappa shape index (κ1) is 24.5. The van der Waals surface area contributed by atoms with Crippen molar-refractivity contribution >= 4 is 44.4 Å². The lowest BCUT2D eigenvalue weighted by Gasteiger charge is -2.21. The molecule has 0 aliphatic rings. The summed E-state index contributed by atoms with van der Waals surface area (Å²) in [5, 5.41) is 16.6. The fourth-order valence-electron chi connectivity index (χ4n) is 3.85. The van der Waals surface area contributed by atoms with Gasteiger partial charge in [0.2, 0.25) is 0 Å². The predicted molar refractivity (Wildman–Crippen MR) is 141 cm³/mol. The first-order valence-corrected chi connectivity index (χ1v) is 11.9. The highest BCUT2D eigenvalue weighted by atomic mass is 79.9. The Hall–Kier alpha value is -3.65. The SMILES string of the molecule is Cc1c(Cc2ccc(NC(=O)Nc3ccc(Br)cc3)nc2)c(=O)oc2cc(O)c(C(C)(C)C)cc12. The summed E-state index contributed by atoms with van der Waals surface area (Å²) < 4.78 is 6.45. The number of pyridine rings is 1. The number of aromatic nitrogens is 1. The zero-order valence-corrected chi connectivity index (χ0v) is 21.5. The standard InChI is InChI=1S/C27H26BrN3O4/c1-15-19-12-21(27(2,3)4)22(32)13-23(19)35-25(33)20(15)11-16-5-10-24(29-14-16)31-26(34)30-18-8-6-17(28)7-9-18/h5-10,12-14,32H,11H2,1-4H3,(H2,29,30,31,34). The molecule has 0 aliphatic carbocycles. The number of hydrogen-bond donors (Lipinski definition) is 3. The fourth-order valence-corrected chi connectivity index (χ4v) is 4.11. The Labute approximate surface area is 211 Å². The third-order valence-electron chi connectivity index (χ3n) is 5.76. The normalized spacial score (nSPS) is 11.5. The Kier molecular flexibility index (Phi) is 6.67. The van der Waals surface area contributed by atoms with Gasteiger partial charge in [-0.15, -0.1) is 0 Å². The molecule has 0 aliphatic heterocycles. The number of nitrogens with zero attached hydrogens (tertiary/aromatic N) is 1. The summed E-state index contributed by atoms with van der Waals surface area (Å²) in [6.07, 6.45) is 1.95. The van der Waals surface area contributed by atoms with Crippen molar-refractivity contribution in [1.29, 1.82) is 0 Å². The van der Waals surface area contributed by atoms with Crippen LogP contribution in [0.3, 0.4) is 0 Å². The first-order valence-electron chi connectivity index (χ1n) is 11.1. The molecular formula is C27H26BrN3O4. The number of carbonyl (C=O) groups is 1. The van der Waals surface area contributed by atoms with Gasteiger partial charge in [0.05, 0.1) is 0 Å². The number of rotatable bonds is 4. The Balaban J connectivity index is 1.53. The third kappa shape index (κ3) is 5.54. The topological polar surface area (TPSA) is 104 Å². The lowest BCUT2D eigenvalue weighted by molar-refractivity contribution is 0.262. The Morgan fingerprint density at radius 2 is 1.80 bits per heavy atom. The molecule has 0 fully saturated rings. The van der Waals surface area contributed by atoms with Crippen molar-refractivity contribution < 1.29 is 14.3 Å². The zero-order chi connectivity index (χ0) is 25.3.